The number of nitrogens with zero attached hydrogens (tertiary/aromatic N) is 2. The van der Waals surface area contributed by atoms with Crippen molar-refractivity contribution in [3.05, 3.63) is 23.8 Å². The van der Waals surface area contributed by atoms with Crippen LogP contribution in [0.5, 0.6) is 11.6 Å². The smallest absolute Gasteiger partial charge is 0.415 e. The third-order valence-electron chi connectivity index (χ3n) is 4.63. The van der Waals surface area contributed by atoms with Crippen LogP contribution >= 0.6 is 0 Å². The van der Waals surface area contributed by atoms with Gasteiger partial charge in [0.1, 0.15) is 5.75 Å². The minimum atomic E-state index is -0.819. The fraction of sp³-hybridized carbons (Fsp3) is 0.389. The summed E-state index contributed by atoms with van der Waals surface area (Å²) < 4.78 is 16.4. The molecule has 142 valence electrons. The molecule has 1 saturated heterocycles. The number of anilines is 1. The molecule has 0 saturated carbocycles. The molecule has 0 unspecified atom stereocenters. The summed E-state index contributed by atoms with van der Waals surface area (Å²) in [5.74, 6) is 0.888. The third-order valence-corrected chi connectivity index (χ3v) is 4.63. The average molecular weight is 372 g/mol. The number of benzene rings is 1. The Morgan fingerprint density at radius 2 is 2.33 bits per heavy atom. The van der Waals surface area contributed by atoms with Crippen LogP contribution in [0.4, 0.5) is 10.5 Å². The van der Waals surface area contributed by atoms with Crippen LogP contribution in [0.3, 0.4) is 0 Å². The van der Waals surface area contributed by atoms with Crippen LogP contribution < -0.4 is 19.7 Å². The van der Waals surface area contributed by atoms with Crippen molar-refractivity contribution in [2.75, 3.05) is 31.7 Å². The number of rotatable bonds is 4. The van der Waals surface area contributed by atoms with E-state index >= 15 is 0 Å². The van der Waals surface area contributed by atoms with Gasteiger partial charge in [0.15, 0.2) is 6.10 Å². The fourth-order valence-electron chi connectivity index (χ4n) is 3.34. The van der Waals surface area contributed by atoms with E-state index in [0.29, 0.717) is 36.9 Å². The zero-order chi connectivity index (χ0) is 19.0. The maximum absolute atomic E-state index is 12.2. The Hall–Kier alpha value is -3.23. The summed E-state index contributed by atoms with van der Waals surface area (Å²) in [7, 11) is 1.58. The molecule has 1 fully saturated rings. The first kappa shape index (κ1) is 17.2. The van der Waals surface area contributed by atoms with Gasteiger partial charge >= 0.3 is 6.09 Å². The molecular weight excluding hydrogens is 352 g/mol. The molecular formula is C18H20N4O5. The monoisotopic (exact) mass is 372 g/mol. The zero-order valence-corrected chi connectivity index (χ0v) is 15.1. The van der Waals surface area contributed by atoms with E-state index in [-0.39, 0.29) is 12.5 Å². The SMILES string of the molecule is CCNC(=O)[C@H]1CN(c2ccc3c(c2)OCCc2c(OC)n[nH]c2-3)C(=O)O1. The van der Waals surface area contributed by atoms with Crippen LogP contribution in [-0.2, 0) is 16.0 Å². The second-order valence-electron chi connectivity index (χ2n) is 6.24. The molecule has 2 aliphatic rings. The number of likely N-dealkylation sites (N-methyl/N-ethyl adjacent to an activating group) is 1. The highest BCUT2D eigenvalue weighted by Gasteiger charge is 2.37. The van der Waals surface area contributed by atoms with Crippen LogP contribution in [0, 0.1) is 0 Å². The highest BCUT2D eigenvalue weighted by atomic mass is 16.6. The Kier molecular flexibility index (Phi) is 4.35. The van der Waals surface area contributed by atoms with Gasteiger partial charge in [-0.2, -0.15) is 0 Å². The molecule has 3 heterocycles. The Labute approximate surface area is 155 Å². The molecule has 2 aromatic rings. The molecule has 1 atom stereocenters. The Bertz CT molecular complexity index is 894. The first-order valence-electron chi connectivity index (χ1n) is 8.76. The highest BCUT2D eigenvalue weighted by Crippen LogP contribution is 2.39. The minimum Gasteiger partial charge on any atom is -0.492 e. The molecule has 0 radical (unpaired) electrons. The van der Waals surface area contributed by atoms with E-state index in [1.807, 2.05) is 13.0 Å². The maximum atomic E-state index is 12.2. The van der Waals surface area contributed by atoms with Crippen molar-refractivity contribution in [3.63, 3.8) is 0 Å². The number of H-pyrrole nitrogens is 1. The molecule has 9 heteroatoms. The lowest BCUT2D eigenvalue weighted by molar-refractivity contribution is -0.127. The summed E-state index contributed by atoms with van der Waals surface area (Å²) in [5.41, 5.74) is 3.26. The average Bonchev–Trinajstić information content (AvgIpc) is 3.20. The fourth-order valence-corrected chi connectivity index (χ4v) is 3.34. The molecule has 2 N–H and O–H groups in total. The van der Waals surface area contributed by atoms with Gasteiger partial charge in [-0.1, -0.05) is 0 Å². The molecule has 0 aliphatic carbocycles. The number of hydrogen-bond acceptors (Lipinski definition) is 6. The Morgan fingerprint density at radius 1 is 1.48 bits per heavy atom. The normalized spacial score (nSPS) is 18.1. The predicted molar refractivity (Wildman–Crippen MR) is 96.1 cm³/mol. The molecule has 9 nitrogen and oxygen atoms in total. The molecule has 27 heavy (non-hydrogen) atoms. The van der Waals surface area contributed by atoms with Crippen molar-refractivity contribution in [2.24, 2.45) is 0 Å². The van der Waals surface area contributed by atoms with Crippen molar-refractivity contribution < 1.29 is 23.8 Å². The Balaban J connectivity index is 1.63. The number of methoxy groups -OCH3 is 1. The van der Waals surface area contributed by atoms with Crippen LogP contribution in [0.2, 0.25) is 0 Å². The summed E-state index contributed by atoms with van der Waals surface area (Å²) in [6.07, 6.45) is -0.714. The second-order valence-corrected chi connectivity index (χ2v) is 6.24. The van der Waals surface area contributed by atoms with Crippen LogP contribution in [0.25, 0.3) is 11.3 Å². The zero-order valence-electron chi connectivity index (χ0n) is 15.1. The van der Waals surface area contributed by atoms with Crippen LogP contribution in [-0.4, -0.2) is 55.1 Å². The van der Waals surface area contributed by atoms with Gasteiger partial charge in [-0.25, -0.2) is 4.79 Å². The van der Waals surface area contributed by atoms with Gasteiger partial charge in [0.05, 0.1) is 31.6 Å². The number of aromatic nitrogens is 2. The van der Waals surface area contributed by atoms with E-state index in [1.54, 1.807) is 19.2 Å². The number of aromatic amines is 1. The molecule has 4 rings (SSSR count). The van der Waals surface area contributed by atoms with Crippen molar-refractivity contribution >= 4 is 17.7 Å². The van der Waals surface area contributed by atoms with Crippen LogP contribution in [0.15, 0.2) is 18.2 Å². The number of amides is 2. The number of cyclic esters (lactones) is 1. The van der Waals surface area contributed by atoms with Gasteiger partial charge in [-0.3, -0.25) is 14.8 Å². The standard InChI is InChI=1S/C18H20N4O5/c1-3-19-16(23)14-9-22(18(24)27-14)10-4-5-11-13(8-10)26-7-6-12-15(11)20-21-17(12)25-2/h4-5,8,14H,3,6-7,9H2,1-2H3,(H,19,23)(H,20,21)/t14-/m1/s1. The molecule has 2 aliphatic heterocycles. The summed E-state index contributed by atoms with van der Waals surface area (Å²) in [5, 5.41) is 9.84. The van der Waals surface area contributed by atoms with Crippen molar-refractivity contribution in [2.45, 2.75) is 19.4 Å². The third kappa shape index (κ3) is 2.94. The molecule has 2 amide bonds. The summed E-state index contributed by atoms with van der Waals surface area (Å²) in [6, 6.07) is 5.43. The van der Waals surface area contributed by atoms with Crippen LogP contribution in [0.1, 0.15) is 12.5 Å². The number of carbonyl (C=O) groups excluding carboxylic acids is 2. The number of ether oxygens (including phenoxy) is 3. The van der Waals surface area contributed by atoms with E-state index < -0.39 is 12.2 Å². The number of hydrogen-bond donors (Lipinski definition) is 2. The largest absolute Gasteiger partial charge is 0.492 e. The lowest BCUT2D eigenvalue weighted by Crippen LogP contribution is -2.37. The lowest BCUT2D eigenvalue weighted by Gasteiger charge is -2.16. The highest BCUT2D eigenvalue weighted by molar-refractivity contribution is 5.96. The van der Waals surface area contributed by atoms with E-state index in [0.717, 1.165) is 16.8 Å². The molecule has 1 aromatic heterocycles. The van der Waals surface area contributed by atoms with E-state index in [2.05, 4.69) is 15.5 Å². The maximum Gasteiger partial charge on any atom is 0.415 e. The van der Waals surface area contributed by atoms with Gasteiger partial charge in [0, 0.05) is 30.2 Å². The van der Waals surface area contributed by atoms with E-state index in [9.17, 15) is 9.59 Å². The molecule has 0 spiro atoms. The van der Waals surface area contributed by atoms with Crippen molar-refractivity contribution in [1.29, 1.82) is 0 Å². The van der Waals surface area contributed by atoms with Crippen molar-refractivity contribution in [3.8, 4) is 22.9 Å². The van der Waals surface area contributed by atoms with Gasteiger partial charge in [-0.05, 0) is 19.1 Å². The quantitative estimate of drug-likeness (QED) is 0.842. The second kappa shape index (κ2) is 6.82. The van der Waals surface area contributed by atoms with Gasteiger partial charge in [0.2, 0.25) is 5.88 Å². The number of carbonyl (C=O) groups is 2. The van der Waals surface area contributed by atoms with E-state index in [4.69, 9.17) is 14.2 Å². The summed E-state index contributed by atoms with van der Waals surface area (Å²) >= 11 is 0. The first-order chi connectivity index (χ1) is 13.1. The first-order valence-corrected chi connectivity index (χ1v) is 8.76. The van der Waals surface area contributed by atoms with Gasteiger partial charge < -0.3 is 19.5 Å². The predicted octanol–water partition coefficient (Wildman–Crippen LogP) is 1.48. The van der Waals surface area contributed by atoms with E-state index in [1.165, 1.54) is 4.90 Å². The van der Waals surface area contributed by atoms with Gasteiger partial charge in [-0.15, -0.1) is 5.10 Å². The van der Waals surface area contributed by atoms with Crippen molar-refractivity contribution in [1.82, 2.24) is 15.5 Å². The molecule has 1 aromatic carbocycles. The number of nitrogens with one attached hydrogen (secondary N) is 2. The number of fused-ring (bicyclic) bond motifs is 3. The summed E-state index contributed by atoms with van der Waals surface area (Å²) in [4.78, 5) is 25.6. The lowest BCUT2D eigenvalue weighted by atomic mass is 10.1. The summed E-state index contributed by atoms with van der Waals surface area (Å²) in [6.45, 7) is 2.92. The topological polar surface area (TPSA) is 106 Å². The minimum absolute atomic E-state index is 0.159. The van der Waals surface area contributed by atoms with Gasteiger partial charge in [0.25, 0.3) is 5.91 Å². The Morgan fingerprint density at radius 3 is 3.11 bits per heavy atom. The molecule has 0 bridgehead atoms.